The van der Waals surface area contributed by atoms with Crippen molar-refractivity contribution in [3.05, 3.63) is 47.3 Å². The van der Waals surface area contributed by atoms with E-state index in [9.17, 15) is 29.2 Å². The Bertz CT molecular complexity index is 1460. The number of nitrogens with zero attached hydrogens (tertiary/aromatic N) is 5. The zero-order chi connectivity index (χ0) is 28.0. The van der Waals surface area contributed by atoms with Gasteiger partial charge in [-0.05, 0) is 50.7 Å². The molecule has 4 aliphatic rings. The molecule has 1 atom stereocenters. The second-order valence-corrected chi connectivity index (χ2v) is 10.9. The van der Waals surface area contributed by atoms with Crippen molar-refractivity contribution in [3.63, 3.8) is 0 Å². The van der Waals surface area contributed by atoms with Gasteiger partial charge in [-0.25, -0.2) is 0 Å². The molecule has 40 heavy (non-hydrogen) atoms. The number of anilines is 1. The smallest absolute Gasteiger partial charge is 0.264 e. The summed E-state index contributed by atoms with van der Waals surface area (Å²) in [6, 6.07) is 6.32. The van der Waals surface area contributed by atoms with Gasteiger partial charge in [0.15, 0.2) is 0 Å². The number of aromatic nitrogens is 2. The summed E-state index contributed by atoms with van der Waals surface area (Å²) in [6.07, 6.45) is 7.57. The zero-order valence-corrected chi connectivity index (χ0v) is 21.9. The summed E-state index contributed by atoms with van der Waals surface area (Å²) in [6.45, 7) is 1.55. The molecule has 0 bridgehead atoms. The minimum atomic E-state index is -1.02. The van der Waals surface area contributed by atoms with Crippen LogP contribution in [0.2, 0.25) is 0 Å². The number of amides is 5. The first-order valence-electron chi connectivity index (χ1n) is 13.6. The number of imide groups is 2. The van der Waals surface area contributed by atoms with E-state index in [1.54, 1.807) is 24.4 Å². The summed E-state index contributed by atoms with van der Waals surface area (Å²) >= 11 is 0. The van der Waals surface area contributed by atoms with Gasteiger partial charge in [0.1, 0.15) is 11.5 Å². The molecule has 2 aromatic rings. The highest BCUT2D eigenvalue weighted by molar-refractivity contribution is 6.25. The van der Waals surface area contributed by atoms with E-state index in [4.69, 9.17) is 0 Å². The third-order valence-corrected chi connectivity index (χ3v) is 8.56. The van der Waals surface area contributed by atoms with Crippen LogP contribution in [0.3, 0.4) is 0 Å². The number of piperidine rings is 2. The molecule has 12 nitrogen and oxygen atoms in total. The largest absolute Gasteiger partial charge is 0.380 e. The summed E-state index contributed by atoms with van der Waals surface area (Å²) < 4.78 is 1.90. The summed E-state index contributed by atoms with van der Waals surface area (Å²) in [5.74, 6) is -2.20. The molecule has 6 rings (SSSR count). The van der Waals surface area contributed by atoms with E-state index in [1.807, 2.05) is 15.8 Å². The molecular weight excluding hydrogens is 514 g/mol. The van der Waals surface area contributed by atoms with Crippen molar-refractivity contribution in [2.45, 2.75) is 63.6 Å². The second kappa shape index (κ2) is 9.89. The Morgan fingerprint density at radius 2 is 1.90 bits per heavy atom. The molecule has 1 aromatic heterocycles. The maximum atomic E-state index is 13.3. The van der Waals surface area contributed by atoms with Gasteiger partial charge in [-0.1, -0.05) is 6.07 Å². The molecule has 1 unspecified atom stereocenters. The number of nitriles is 1. The van der Waals surface area contributed by atoms with Gasteiger partial charge in [0.05, 0.1) is 29.4 Å². The topological polar surface area (TPSA) is 158 Å². The van der Waals surface area contributed by atoms with Crippen molar-refractivity contribution in [2.75, 3.05) is 18.4 Å². The van der Waals surface area contributed by atoms with Crippen molar-refractivity contribution in [1.82, 2.24) is 24.9 Å². The summed E-state index contributed by atoms with van der Waals surface area (Å²) in [7, 11) is 0. The van der Waals surface area contributed by atoms with Crippen LogP contribution in [0.1, 0.15) is 77.3 Å². The molecule has 206 valence electrons. The monoisotopic (exact) mass is 543 g/mol. The highest BCUT2D eigenvalue weighted by Crippen LogP contribution is 2.42. The third-order valence-electron chi connectivity index (χ3n) is 8.56. The number of hydrogen-bond acceptors (Lipinski definition) is 8. The van der Waals surface area contributed by atoms with E-state index in [1.165, 1.54) is 0 Å². The van der Waals surface area contributed by atoms with Crippen molar-refractivity contribution in [1.29, 1.82) is 5.26 Å². The average molecular weight is 544 g/mol. The van der Waals surface area contributed by atoms with Crippen LogP contribution in [-0.4, -0.2) is 68.2 Å². The molecule has 2 N–H and O–H groups in total. The highest BCUT2D eigenvalue weighted by Gasteiger charge is 2.48. The first kappa shape index (κ1) is 25.7. The molecule has 1 aliphatic carbocycles. The zero-order valence-electron chi connectivity index (χ0n) is 21.9. The number of benzene rings is 1. The van der Waals surface area contributed by atoms with Crippen molar-refractivity contribution in [2.24, 2.45) is 5.41 Å². The minimum Gasteiger partial charge on any atom is -0.380 e. The van der Waals surface area contributed by atoms with Gasteiger partial charge in [-0.3, -0.25) is 38.9 Å². The predicted molar refractivity (Wildman–Crippen MR) is 139 cm³/mol. The van der Waals surface area contributed by atoms with Crippen LogP contribution in [0.25, 0.3) is 0 Å². The molecule has 1 saturated carbocycles. The predicted octanol–water partition coefficient (Wildman–Crippen LogP) is 1.75. The molecular formula is C28H29N7O5. The quantitative estimate of drug-likeness (QED) is 0.522. The summed E-state index contributed by atoms with van der Waals surface area (Å²) in [4.78, 5) is 65.9. The molecule has 0 radical (unpaired) electrons. The number of carbonyl (C=O) groups is 5. The fourth-order valence-electron chi connectivity index (χ4n) is 6.07. The number of fused-ring (bicyclic) bond motifs is 1. The summed E-state index contributed by atoms with van der Waals surface area (Å²) in [5.41, 5.74) is 0.973. The van der Waals surface area contributed by atoms with Crippen molar-refractivity contribution >= 4 is 35.2 Å². The van der Waals surface area contributed by atoms with Crippen LogP contribution < -0.4 is 10.6 Å². The number of rotatable bonds is 6. The van der Waals surface area contributed by atoms with Crippen LogP contribution in [0, 0.1) is 16.7 Å². The molecule has 5 amide bonds. The summed E-state index contributed by atoms with van der Waals surface area (Å²) in [5, 5.41) is 19.5. The van der Waals surface area contributed by atoms with Gasteiger partial charge >= 0.3 is 0 Å². The molecule has 12 heteroatoms. The molecule has 1 aromatic carbocycles. The number of carbonyl (C=O) groups excluding carboxylic acids is 5. The van der Waals surface area contributed by atoms with E-state index in [2.05, 4.69) is 21.8 Å². The Morgan fingerprint density at radius 3 is 2.58 bits per heavy atom. The van der Waals surface area contributed by atoms with E-state index >= 15 is 0 Å². The number of likely N-dealkylation sites (tertiary alicyclic amines) is 1. The number of hydrogen-bond donors (Lipinski definition) is 2. The van der Waals surface area contributed by atoms with Gasteiger partial charge in [0.25, 0.3) is 11.8 Å². The highest BCUT2D eigenvalue weighted by atomic mass is 16.2. The minimum absolute atomic E-state index is 0.0374. The fraction of sp³-hybridized carbons (Fsp3) is 0.464. The third kappa shape index (κ3) is 4.22. The maximum absolute atomic E-state index is 13.3. The van der Waals surface area contributed by atoms with Gasteiger partial charge in [-0.15, -0.1) is 0 Å². The van der Waals surface area contributed by atoms with Crippen LogP contribution in [0.4, 0.5) is 5.69 Å². The first-order valence-corrected chi connectivity index (χ1v) is 13.6. The molecule has 3 fully saturated rings. The molecule has 4 heterocycles. The Balaban J connectivity index is 1.09. The van der Waals surface area contributed by atoms with Gasteiger partial charge in [-0.2, -0.15) is 10.4 Å². The van der Waals surface area contributed by atoms with E-state index in [0.29, 0.717) is 38.2 Å². The van der Waals surface area contributed by atoms with Crippen LogP contribution in [0.15, 0.2) is 30.6 Å². The Hall–Kier alpha value is -4.53. The Labute approximate surface area is 230 Å². The Kier molecular flexibility index (Phi) is 6.37. The SMILES string of the molecule is N#CC1(C(=O)N2CCC(n3cc(CNc4cccc5c4C(=O)N(C4CCC(=O)NC4=O)C5=O)cn3)CC2)CCC1. The van der Waals surface area contributed by atoms with Crippen LogP contribution >= 0.6 is 0 Å². The standard InChI is InChI=1S/C28H29N7O5/c29-16-28(9-2-10-28)27(40)33-11-7-18(8-12-33)34-15-17(14-31-34)13-30-20-4-1-3-19-23(20)26(39)35(25(19)38)21-5-6-22(36)32-24(21)37/h1,3-4,14-15,18,21,30H,2,5-13H2,(H,32,36,37). The maximum Gasteiger partial charge on any atom is 0.264 e. The number of nitrogens with one attached hydrogen (secondary N) is 2. The molecule has 0 spiro atoms. The normalized spacial score (nSPS) is 22.4. The van der Waals surface area contributed by atoms with Gasteiger partial charge in [0, 0.05) is 43.5 Å². The lowest BCUT2D eigenvalue weighted by atomic mass is 9.69. The van der Waals surface area contributed by atoms with E-state index in [0.717, 1.165) is 29.7 Å². The molecule has 3 aliphatic heterocycles. The van der Waals surface area contributed by atoms with E-state index < -0.39 is 35.1 Å². The Morgan fingerprint density at radius 1 is 1.12 bits per heavy atom. The lowest BCUT2D eigenvalue weighted by Gasteiger charge is -2.40. The van der Waals surface area contributed by atoms with Crippen LogP contribution in [0.5, 0.6) is 0 Å². The molecule has 2 saturated heterocycles. The van der Waals surface area contributed by atoms with Gasteiger partial charge < -0.3 is 10.2 Å². The second-order valence-electron chi connectivity index (χ2n) is 10.9. The fourth-order valence-corrected chi connectivity index (χ4v) is 6.07. The lowest BCUT2D eigenvalue weighted by molar-refractivity contribution is -0.144. The lowest BCUT2D eigenvalue weighted by Crippen LogP contribution is -2.54. The van der Waals surface area contributed by atoms with Crippen LogP contribution in [-0.2, 0) is 20.9 Å². The van der Waals surface area contributed by atoms with Gasteiger partial charge in [0.2, 0.25) is 17.7 Å². The first-order chi connectivity index (χ1) is 19.3. The van der Waals surface area contributed by atoms with Crippen molar-refractivity contribution in [3.8, 4) is 6.07 Å². The van der Waals surface area contributed by atoms with Crippen molar-refractivity contribution < 1.29 is 24.0 Å². The average Bonchev–Trinajstić information content (AvgIpc) is 3.50. The van der Waals surface area contributed by atoms with E-state index in [-0.39, 0.29) is 35.9 Å².